The number of β-amino-alcohol motifs (C(OH)–C–C–N with tert-alkyl or cyclic N) is 1. The largest absolute Gasteiger partial charge is 0.395 e. The number of para-hydroxylation sites is 1. The fraction of sp³-hybridized carbons (Fsp3) is 0.552. The molecule has 1 spiro atoms. The Hall–Kier alpha value is -2.97. The van der Waals surface area contributed by atoms with Crippen molar-refractivity contribution in [2.24, 2.45) is 11.8 Å². The van der Waals surface area contributed by atoms with Crippen LogP contribution in [0.15, 0.2) is 43.5 Å². The first-order valence-corrected chi connectivity index (χ1v) is 13.1. The highest BCUT2D eigenvalue weighted by Gasteiger charge is 2.79. The number of nitrogens with zero attached hydrogens (tertiary/aromatic N) is 3. The van der Waals surface area contributed by atoms with Crippen molar-refractivity contribution in [3.8, 4) is 0 Å². The second-order valence-electron chi connectivity index (χ2n) is 10.6. The van der Waals surface area contributed by atoms with E-state index >= 15 is 0 Å². The van der Waals surface area contributed by atoms with Gasteiger partial charge in [-0.15, -0.1) is 13.2 Å². The number of hydrogen-bond acceptors (Lipinski definition) is 5. The number of carbonyl (C=O) groups excluding carboxylic acids is 3. The summed E-state index contributed by atoms with van der Waals surface area (Å²) >= 11 is 0. The first kappa shape index (κ1) is 27.1. The highest BCUT2D eigenvalue weighted by atomic mass is 16.5. The van der Waals surface area contributed by atoms with E-state index in [4.69, 9.17) is 4.74 Å². The first-order chi connectivity index (χ1) is 17.6. The average Bonchev–Trinajstić information content (AvgIpc) is 3.47. The van der Waals surface area contributed by atoms with Gasteiger partial charge >= 0.3 is 0 Å². The minimum absolute atomic E-state index is 0.00589. The highest BCUT2D eigenvalue weighted by molar-refractivity contribution is 6.05. The molecular formula is C29H39N3O5. The number of amides is 3. The number of aryl methyl sites for hydroxylation is 2. The third-order valence-electron chi connectivity index (χ3n) is 8.59. The number of fused-ring (bicyclic) bond motifs is 1. The molecule has 1 aromatic rings. The topological polar surface area (TPSA) is 90.4 Å². The van der Waals surface area contributed by atoms with E-state index < -0.39 is 29.1 Å². The predicted molar refractivity (Wildman–Crippen MR) is 142 cm³/mol. The molecule has 37 heavy (non-hydrogen) atoms. The molecule has 3 fully saturated rings. The van der Waals surface area contributed by atoms with Crippen LogP contribution in [0.25, 0.3) is 0 Å². The summed E-state index contributed by atoms with van der Waals surface area (Å²) in [6.45, 7) is 13.8. The number of likely N-dealkylation sites (N-methyl/N-ethyl adjacent to an activating group) is 1. The third-order valence-corrected chi connectivity index (χ3v) is 8.59. The highest BCUT2D eigenvalue weighted by Crippen LogP contribution is 2.64. The van der Waals surface area contributed by atoms with Gasteiger partial charge in [-0.3, -0.25) is 14.4 Å². The zero-order valence-corrected chi connectivity index (χ0v) is 22.4. The smallest absolute Gasteiger partial charge is 0.253 e. The number of benzene rings is 1. The Balaban J connectivity index is 1.85. The molecule has 3 aliphatic heterocycles. The summed E-state index contributed by atoms with van der Waals surface area (Å²) in [5, 5.41) is 9.89. The summed E-state index contributed by atoms with van der Waals surface area (Å²) in [5.74, 6) is -2.23. The maximum atomic E-state index is 14.5. The first-order valence-electron chi connectivity index (χ1n) is 13.1. The van der Waals surface area contributed by atoms with Crippen LogP contribution in [-0.2, 0) is 19.1 Å². The molecule has 0 radical (unpaired) electrons. The number of rotatable bonds is 10. The fourth-order valence-electron chi connectivity index (χ4n) is 7.04. The zero-order chi connectivity index (χ0) is 27.1. The van der Waals surface area contributed by atoms with Crippen LogP contribution in [0, 0.1) is 25.7 Å². The maximum Gasteiger partial charge on any atom is 0.253 e. The van der Waals surface area contributed by atoms with Crippen LogP contribution in [0.5, 0.6) is 0 Å². The summed E-state index contributed by atoms with van der Waals surface area (Å²) in [6.07, 6.45) is 4.97. The zero-order valence-electron chi connectivity index (χ0n) is 22.4. The Labute approximate surface area is 219 Å². The molecule has 1 N–H and O–H groups in total. The Morgan fingerprint density at radius 2 is 1.81 bits per heavy atom. The summed E-state index contributed by atoms with van der Waals surface area (Å²) in [5.41, 5.74) is 0.703. The molecule has 4 rings (SSSR count). The van der Waals surface area contributed by atoms with Gasteiger partial charge in [-0.2, -0.15) is 0 Å². The Morgan fingerprint density at radius 3 is 2.38 bits per heavy atom. The van der Waals surface area contributed by atoms with Crippen molar-refractivity contribution >= 4 is 23.4 Å². The van der Waals surface area contributed by atoms with E-state index in [1.807, 2.05) is 39.0 Å². The normalized spacial score (nSPS) is 29.8. The standard InChI is InChI=1S/C29H39N3O5/c1-7-15-30(6)25(34)21-22-26(35)32(17-18-33)24(29(22)14-13-28(21,9-3)37-29)27(36)31(16-8-2)23-19(4)11-10-12-20(23)5/h7-8,10-12,21-22,24,33H,1-2,9,13-18H2,3-6H3/t21-,22+,24?,28+,29?/m1/s1. The Kier molecular flexibility index (Phi) is 7.36. The van der Waals surface area contributed by atoms with Crippen molar-refractivity contribution in [3.05, 3.63) is 54.6 Å². The van der Waals surface area contributed by atoms with Gasteiger partial charge in [0, 0.05) is 32.4 Å². The Bertz CT molecular complexity index is 1100. The van der Waals surface area contributed by atoms with Gasteiger partial charge in [-0.05, 0) is 44.2 Å². The van der Waals surface area contributed by atoms with Crippen molar-refractivity contribution < 1.29 is 24.2 Å². The molecule has 8 heteroatoms. The summed E-state index contributed by atoms with van der Waals surface area (Å²) in [4.78, 5) is 47.0. The number of hydrogen-bond donors (Lipinski definition) is 1. The monoisotopic (exact) mass is 509 g/mol. The molecule has 3 aliphatic rings. The molecule has 0 aliphatic carbocycles. The van der Waals surface area contributed by atoms with Crippen LogP contribution in [0.1, 0.15) is 37.3 Å². The molecule has 5 atom stereocenters. The summed E-state index contributed by atoms with van der Waals surface area (Å²) in [6, 6.07) is 4.89. The second kappa shape index (κ2) is 10.1. The Morgan fingerprint density at radius 1 is 1.16 bits per heavy atom. The van der Waals surface area contributed by atoms with Gasteiger partial charge in [0.05, 0.1) is 24.0 Å². The molecule has 1 aromatic carbocycles. The lowest BCUT2D eigenvalue weighted by Gasteiger charge is -2.37. The van der Waals surface area contributed by atoms with E-state index in [1.165, 1.54) is 4.90 Å². The molecule has 200 valence electrons. The average molecular weight is 510 g/mol. The van der Waals surface area contributed by atoms with E-state index in [0.717, 1.165) is 16.8 Å². The van der Waals surface area contributed by atoms with Gasteiger partial charge in [0.2, 0.25) is 11.8 Å². The molecule has 0 aromatic heterocycles. The lowest BCUT2D eigenvalue weighted by molar-refractivity contribution is -0.150. The van der Waals surface area contributed by atoms with Crippen LogP contribution in [0.3, 0.4) is 0 Å². The molecule has 3 heterocycles. The molecule has 0 saturated carbocycles. The van der Waals surface area contributed by atoms with Gasteiger partial charge in [0.15, 0.2) is 0 Å². The third kappa shape index (κ3) is 3.92. The number of aliphatic hydroxyl groups is 1. The number of carbonyl (C=O) groups is 3. The second-order valence-corrected chi connectivity index (χ2v) is 10.6. The van der Waals surface area contributed by atoms with Crippen LogP contribution in [0.2, 0.25) is 0 Å². The van der Waals surface area contributed by atoms with Gasteiger partial charge < -0.3 is 24.5 Å². The van der Waals surface area contributed by atoms with Gasteiger partial charge in [-0.1, -0.05) is 37.3 Å². The predicted octanol–water partition coefficient (Wildman–Crippen LogP) is 2.61. The number of ether oxygens (including phenoxy) is 1. The summed E-state index contributed by atoms with van der Waals surface area (Å²) in [7, 11) is 1.70. The lowest BCUT2D eigenvalue weighted by Crippen LogP contribution is -2.57. The van der Waals surface area contributed by atoms with E-state index in [2.05, 4.69) is 13.2 Å². The van der Waals surface area contributed by atoms with Crippen LogP contribution in [-0.4, -0.2) is 83.2 Å². The molecular weight excluding hydrogens is 470 g/mol. The van der Waals surface area contributed by atoms with Crippen LogP contribution in [0.4, 0.5) is 5.69 Å². The lowest BCUT2D eigenvalue weighted by atomic mass is 9.64. The van der Waals surface area contributed by atoms with Gasteiger partial charge in [-0.25, -0.2) is 0 Å². The van der Waals surface area contributed by atoms with Crippen LogP contribution >= 0.6 is 0 Å². The maximum absolute atomic E-state index is 14.5. The number of anilines is 1. The van der Waals surface area contributed by atoms with Crippen molar-refractivity contribution in [1.82, 2.24) is 9.80 Å². The van der Waals surface area contributed by atoms with Crippen molar-refractivity contribution in [3.63, 3.8) is 0 Å². The van der Waals surface area contributed by atoms with Crippen molar-refractivity contribution in [1.29, 1.82) is 0 Å². The molecule has 3 saturated heterocycles. The van der Waals surface area contributed by atoms with E-state index in [9.17, 15) is 19.5 Å². The van der Waals surface area contributed by atoms with Crippen LogP contribution < -0.4 is 4.90 Å². The SMILES string of the molecule is C=CCN(C)C(=O)[C@H]1[C@H]2C(=O)N(CCO)C(C(=O)N(CC=C)c3c(C)cccc3C)C23CC[C@]1(CC)O3. The van der Waals surface area contributed by atoms with Crippen molar-refractivity contribution in [2.75, 3.05) is 38.2 Å². The molecule has 8 nitrogen and oxygen atoms in total. The van der Waals surface area contributed by atoms with Gasteiger partial charge in [0.25, 0.3) is 5.91 Å². The molecule has 2 bridgehead atoms. The minimum Gasteiger partial charge on any atom is -0.395 e. The molecule has 2 unspecified atom stereocenters. The number of aliphatic hydroxyl groups excluding tert-OH is 1. The number of likely N-dealkylation sites (tertiary alicyclic amines) is 1. The molecule has 3 amide bonds. The van der Waals surface area contributed by atoms with E-state index in [1.54, 1.807) is 29.0 Å². The van der Waals surface area contributed by atoms with E-state index in [0.29, 0.717) is 25.8 Å². The van der Waals surface area contributed by atoms with E-state index in [-0.39, 0.29) is 37.4 Å². The van der Waals surface area contributed by atoms with Gasteiger partial charge in [0.1, 0.15) is 11.6 Å². The summed E-state index contributed by atoms with van der Waals surface area (Å²) < 4.78 is 6.80. The fourth-order valence-corrected chi connectivity index (χ4v) is 7.04. The quantitative estimate of drug-likeness (QED) is 0.490. The minimum atomic E-state index is -1.13. The van der Waals surface area contributed by atoms with Crippen molar-refractivity contribution in [2.45, 2.75) is 57.3 Å².